The van der Waals surface area contributed by atoms with Crippen LogP contribution in [0, 0.1) is 0 Å². The fraction of sp³-hybridized carbons (Fsp3) is 0. The summed E-state index contributed by atoms with van der Waals surface area (Å²) in [5, 5.41) is 12.8. The molecule has 0 N–H and O–H groups in total. The first-order valence-corrected chi connectivity index (χ1v) is 11.7. The molecule has 36 heavy (non-hydrogen) atoms. The number of carbonyl (C=O) groups excluding carboxylic acids is 2. The maximum absolute atomic E-state index is 13.4. The fourth-order valence-electron chi connectivity index (χ4n) is 5.05. The highest BCUT2D eigenvalue weighted by molar-refractivity contribution is 6.29. The molecule has 5 aromatic carbocycles. The van der Waals surface area contributed by atoms with Gasteiger partial charge in [0.05, 0.1) is 11.1 Å². The minimum atomic E-state index is -0.831. The summed E-state index contributed by atoms with van der Waals surface area (Å²) in [5.41, 5.74) is 6.40. The van der Waals surface area contributed by atoms with Crippen LogP contribution in [-0.4, -0.2) is 16.9 Å². The summed E-state index contributed by atoms with van der Waals surface area (Å²) < 4.78 is 0. The molecule has 0 fully saturated rings. The van der Waals surface area contributed by atoms with Crippen molar-refractivity contribution in [1.29, 1.82) is 0 Å². The van der Waals surface area contributed by atoms with Crippen LogP contribution < -0.4 is 0 Å². The number of benzene rings is 5. The predicted molar refractivity (Wildman–Crippen MR) is 139 cm³/mol. The zero-order valence-corrected chi connectivity index (χ0v) is 19.2. The van der Waals surface area contributed by atoms with E-state index in [-0.39, 0.29) is 16.2 Å². The quantitative estimate of drug-likeness (QED) is 0.261. The molecular formula is C32H20NO3. The molecule has 2 amide bonds. The number of fused-ring (bicyclic) bond motifs is 1. The highest BCUT2D eigenvalue weighted by Crippen LogP contribution is 2.51. The van der Waals surface area contributed by atoms with E-state index in [1.807, 2.05) is 121 Å². The van der Waals surface area contributed by atoms with Gasteiger partial charge in [-0.2, -0.15) is 0 Å². The zero-order chi connectivity index (χ0) is 24.6. The second-order valence-corrected chi connectivity index (χ2v) is 8.62. The van der Waals surface area contributed by atoms with Crippen LogP contribution in [-0.2, 0) is 5.21 Å². The normalized spacial score (nSPS) is 12.6. The van der Waals surface area contributed by atoms with E-state index in [9.17, 15) is 14.8 Å². The van der Waals surface area contributed by atoms with E-state index in [1.165, 1.54) is 0 Å². The molecule has 0 aromatic heterocycles. The summed E-state index contributed by atoms with van der Waals surface area (Å²) in [5.74, 6) is -1.66. The van der Waals surface area contributed by atoms with Crippen LogP contribution in [0.5, 0.6) is 0 Å². The van der Waals surface area contributed by atoms with Gasteiger partial charge in [0.25, 0.3) is 11.8 Å². The Morgan fingerprint density at radius 1 is 0.333 bits per heavy atom. The van der Waals surface area contributed by atoms with E-state index >= 15 is 0 Å². The molecule has 0 unspecified atom stereocenters. The SMILES string of the molecule is [O]N1C(=O)c2c(c(-c3ccccc3)c(-c3ccccc3)c(-c3ccccc3)c2-c2ccccc2)C1=O. The highest BCUT2D eigenvalue weighted by Gasteiger charge is 2.43. The molecular weight excluding hydrogens is 446 g/mol. The maximum Gasteiger partial charge on any atom is 0.289 e. The Morgan fingerprint density at radius 3 is 0.806 bits per heavy atom. The van der Waals surface area contributed by atoms with Gasteiger partial charge in [0.1, 0.15) is 0 Å². The third-order valence-corrected chi connectivity index (χ3v) is 6.55. The fourth-order valence-corrected chi connectivity index (χ4v) is 5.05. The standard InChI is InChI=1S/C32H20NO3/c34-31-29-27(23-17-9-3-10-18-23)25(21-13-5-1-6-14-21)26(22-15-7-2-8-16-22)28(24-19-11-4-12-20-24)30(29)32(35)33(31)36/h1-20H. The van der Waals surface area contributed by atoms with Crippen LogP contribution in [0.3, 0.4) is 0 Å². The molecule has 0 bridgehead atoms. The minimum Gasteiger partial charge on any atom is -0.266 e. The predicted octanol–water partition coefficient (Wildman–Crippen LogP) is 7.30. The van der Waals surface area contributed by atoms with Crippen molar-refractivity contribution in [2.75, 3.05) is 0 Å². The van der Waals surface area contributed by atoms with Gasteiger partial charge in [0.2, 0.25) is 0 Å². The highest BCUT2D eigenvalue weighted by atomic mass is 16.5. The molecule has 1 radical (unpaired) electrons. The van der Waals surface area contributed by atoms with E-state index in [0.29, 0.717) is 11.1 Å². The number of amides is 2. The lowest BCUT2D eigenvalue weighted by atomic mass is 9.78. The number of nitrogens with zero attached hydrogens (tertiary/aromatic N) is 1. The van der Waals surface area contributed by atoms with Gasteiger partial charge in [-0.1, -0.05) is 127 Å². The Bertz CT molecular complexity index is 1470. The Balaban J connectivity index is 1.91. The third-order valence-electron chi connectivity index (χ3n) is 6.55. The molecule has 5 aromatic rings. The maximum atomic E-state index is 13.4. The number of hydrogen-bond donors (Lipinski definition) is 0. The van der Waals surface area contributed by atoms with E-state index in [2.05, 4.69) is 0 Å². The molecule has 0 atom stereocenters. The number of hydrogen-bond acceptors (Lipinski definition) is 2. The smallest absolute Gasteiger partial charge is 0.266 e. The van der Waals surface area contributed by atoms with Crippen molar-refractivity contribution in [2.24, 2.45) is 0 Å². The van der Waals surface area contributed by atoms with Gasteiger partial charge in [-0.15, -0.1) is 5.06 Å². The Labute approximate surface area is 208 Å². The second-order valence-electron chi connectivity index (χ2n) is 8.62. The van der Waals surface area contributed by atoms with Gasteiger partial charge in [-0.25, -0.2) is 0 Å². The lowest BCUT2D eigenvalue weighted by Crippen LogP contribution is -2.23. The summed E-state index contributed by atoms with van der Waals surface area (Å²) in [4.78, 5) is 26.8. The van der Waals surface area contributed by atoms with E-state index in [4.69, 9.17) is 0 Å². The molecule has 1 heterocycles. The summed E-state index contributed by atoms with van der Waals surface area (Å²) in [6, 6.07) is 38.6. The molecule has 0 saturated heterocycles. The molecule has 4 nitrogen and oxygen atoms in total. The second kappa shape index (κ2) is 8.77. The molecule has 0 aliphatic carbocycles. The van der Waals surface area contributed by atoms with E-state index < -0.39 is 11.8 Å². The third kappa shape index (κ3) is 3.35. The molecule has 4 heteroatoms. The topological polar surface area (TPSA) is 57.3 Å². The first-order chi connectivity index (χ1) is 17.7. The van der Waals surface area contributed by atoms with Crippen LogP contribution in [0.2, 0.25) is 0 Å². The summed E-state index contributed by atoms with van der Waals surface area (Å²) in [6.07, 6.45) is 0. The van der Waals surface area contributed by atoms with Gasteiger partial charge in [-0.05, 0) is 33.4 Å². The van der Waals surface area contributed by atoms with Gasteiger partial charge in [-0.3, -0.25) is 9.59 Å². The van der Waals surface area contributed by atoms with Crippen molar-refractivity contribution in [3.63, 3.8) is 0 Å². The van der Waals surface area contributed by atoms with Crippen molar-refractivity contribution in [3.05, 3.63) is 132 Å². The number of hydroxylamine groups is 2. The first-order valence-electron chi connectivity index (χ1n) is 11.7. The summed E-state index contributed by atoms with van der Waals surface area (Å²) in [6.45, 7) is 0. The van der Waals surface area contributed by atoms with Crippen LogP contribution >= 0.6 is 0 Å². The van der Waals surface area contributed by atoms with Gasteiger partial charge < -0.3 is 0 Å². The van der Waals surface area contributed by atoms with E-state index in [1.54, 1.807) is 0 Å². The average molecular weight is 467 g/mol. The number of rotatable bonds is 4. The Kier molecular flexibility index (Phi) is 5.29. The van der Waals surface area contributed by atoms with Crippen molar-refractivity contribution in [2.45, 2.75) is 0 Å². The van der Waals surface area contributed by atoms with Crippen LogP contribution in [0.25, 0.3) is 44.5 Å². The van der Waals surface area contributed by atoms with Crippen molar-refractivity contribution < 1.29 is 14.8 Å². The van der Waals surface area contributed by atoms with Crippen LogP contribution in [0.1, 0.15) is 20.7 Å². The number of carbonyl (C=O) groups is 2. The lowest BCUT2D eigenvalue weighted by molar-refractivity contribution is -0.0828. The van der Waals surface area contributed by atoms with Gasteiger partial charge in [0.15, 0.2) is 0 Å². The molecule has 171 valence electrons. The Morgan fingerprint density at radius 2 is 0.556 bits per heavy atom. The van der Waals surface area contributed by atoms with Gasteiger partial charge in [0, 0.05) is 11.1 Å². The molecule has 6 rings (SSSR count). The van der Waals surface area contributed by atoms with Gasteiger partial charge >= 0.3 is 0 Å². The molecule has 0 saturated carbocycles. The van der Waals surface area contributed by atoms with E-state index in [0.717, 1.165) is 33.4 Å². The summed E-state index contributed by atoms with van der Waals surface area (Å²) >= 11 is 0. The average Bonchev–Trinajstić information content (AvgIpc) is 3.17. The zero-order valence-electron chi connectivity index (χ0n) is 19.2. The number of imide groups is 1. The first kappa shape index (κ1) is 21.7. The van der Waals surface area contributed by atoms with Crippen LogP contribution in [0.15, 0.2) is 121 Å². The monoisotopic (exact) mass is 466 g/mol. The molecule has 1 aliphatic heterocycles. The largest absolute Gasteiger partial charge is 0.289 e. The lowest BCUT2D eigenvalue weighted by Gasteiger charge is -2.23. The minimum absolute atomic E-state index is 0.00685. The Hall–Kier alpha value is -4.80. The molecule has 0 spiro atoms. The summed E-state index contributed by atoms with van der Waals surface area (Å²) in [7, 11) is 0. The molecule has 1 aliphatic rings. The van der Waals surface area contributed by atoms with Crippen molar-refractivity contribution in [1.82, 2.24) is 5.06 Å². The van der Waals surface area contributed by atoms with Crippen molar-refractivity contribution in [3.8, 4) is 44.5 Å². The van der Waals surface area contributed by atoms with Crippen molar-refractivity contribution >= 4 is 11.8 Å². The van der Waals surface area contributed by atoms with Crippen LogP contribution in [0.4, 0.5) is 0 Å².